The maximum atomic E-state index is 13.3. The maximum Gasteiger partial charge on any atom is 0.273 e. The van der Waals surface area contributed by atoms with Crippen LogP contribution in [0, 0.1) is 0 Å². The standard InChI is InChI=1S/C26H43N7O3/c1-4-12-30-14-16-31(17-15-30)13-8-11-27-23(34)21-18-22-24(35)32(5-2)26(3,19-33(22)29-21)25(36)28-20-9-6-7-10-20/h18,20H,4-17,19H2,1-3H3,(H,27,34)(H,28,36). The zero-order valence-electron chi connectivity index (χ0n) is 22.2. The fourth-order valence-electron chi connectivity index (χ4n) is 5.81. The number of amides is 3. The fraction of sp³-hybridized carbons (Fsp3) is 0.769. The van der Waals surface area contributed by atoms with Crippen molar-refractivity contribution in [2.75, 3.05) is 52.4 Å². The summed E-state index contributed by atoms with van der Waals surface area (Å²) in [5.41, 5.74) is -0.455. The molecular formula is C26H43N7O3. The molecule has 0 spiro atoms. The minimum absolute atomic E-state index is 0.146. The number of piperazine rings is 1. The summed E-state index contributed by atoms with van der Waals surface area (Å²) in [4.78, 5) is 45.9. The number of carbonyl (C=O) groups excluding carboxylic acids is 3. The van der Waals surface area contributed by atoms with E-state index in [-0.39, 0.29) is 36.0 Å². The lowest BCUT2D eigenvalue weighted by molar-refractivity contribution is -0.133. The number of hydrogen-bond donors (Lipinski definition) is 2. The Balaban J connectivity index is 1.32. The van der Waals surface area contributed by atoms with Crippen LogP contribution in [0.5, 0.6) is 0 Å². The highest BCUT2D eigenvalue weighted by Crippen LogP contribution is 2.28. The van der Waals surface area contributed by atoms with E-state index in [0.717, 1.165) is 64.8 Å². The first-order valence-corrected chi connectivity index (χ1v) is 13.8. The summed E-state index contributed by atoms with van der Waals surface area (Å²) in [7, 11) is 0. The Kier molecular flexibility index (Phi) is 8.66. The number of carbonyl (C=O) groups is 3. The van der Waals surface area contributed by atoms with Crippen LogP contribution in [0.1, 0.15) is 80.3 Å². The number of nitrogens with one attached hydrogen (secondary N) is 2. The molecule has 3 heterocycles. The lowest BCUT2D eigenvalue weighted by Crippen LogP contribution is -2.64. The van der Waals surface area contributed by atoms with E-state index in [4.69, 9.17) is 0 Å². The van der Waals surface area contributed by atoms with Crippen molar-refractivity contribution in [2.45, 2.75) is 77.4 Å². The average molecular weight is 502 g/mol. The number of hydrogen-bond acceptors (Lipinski definition) is 6. The van der Waals surface area contributed by atoms with E-state index in [2.05, 4.69) is 32.5 Å². The van der Waals surface area contributed by atoms with Crippen LogP contribution in [-0.4, -0.2) is 106 Å². The van der Waals surface area contributed by atoms with Crippen LogP contribution in [0.25, 0.3) is 0 Å². The third-order valence-electron chi connectivity index (χ3n) is 7.97. The van der Waals surface area contributed by atoms with Crippen molar-refractivity contribution in [2.24, 2.45) is 0 Å². The molecule has 1 aliphatic carbocycles. The third kappa shape index (κ3) is 5.75. The predicted octanol–water partition coefficient (Wildman–Crippen LogP) is 1.32. The summed E-state index contributed by atoms with van der Waals surface area (Å²) in [5.74, 6) is -0.688. The van der Waals surface area contributed by atoms with Crippen molar-refractivity contribution in [3.63, 3.8) is 0 Å². The first-order valence-electron chi connectivity index (χ1n) is 13.8. The van der Waals surface area contributed by atoms with Crippen LogP contribution in [0.2, 0.25) is 0 Å². The van der Waals surface area contributed by atoms with E-state index in [1.54, 1.807) is 17.9 Å². The minimum Gasteiger partial charge on any atom is -0.351 e. The van der Waals surface area contributed by atoms with Gasteiger partial charge < -0.3 is 25.3 Å². The zero-order chi connectivity index (χ0) is 25.7. The summed E-state index contributed by atoms with van der Waals surface area (Å²) >= 11 is 0. The molecule has 1 saturated carbocycles. The minimum atomic E-state index is -1.04. The Morgan fingerprint density at radius 1 is 1.08 bits per heavy atom. The van der Waals surface area contributed by atoms with Crippen molar-refractivity contribution in [3.8, 4) is 0 Å². The lowest BCUT2D eigenvalue weighted by Gasteiger charge is -2.43. The third-order valence-corrected chi connectivity index (χ3v) is 7.97. The highest BCUT2D eigenvalue weighted by Gasteiger charge is 2.48. The Bertz CT molecular complexity index is 934. The zero-order valence-corrected chi connectivity index (χ0v) is 22.2. The van der Waals surface area contributed by atoms with Crippen molar-refractivity contribution < 1.29 is 14.4 Å². The van der Waals surface area contributed by atoms with Gasteiger partial charge in [-0.15, -0.1) is 0 Å². The van der Waals surface area contributed by atoms with Gasteiger partial charge in [-0.1, -0.05) is 19.8 Å². The molecule has 0 aromatic carbocycles. The van der Waals surface area contributed by atoms with E-state index in [0.29, 0.717) is 18.8 Å². The number of fused-ring (bicyclic) bond motifs is 1. The largest absolute Gasteiger partial charge is 0.351 e. The van der Waals surface area contributed by atoms with Gasteiger partial charge in [0.15, 0.2) is 5.69 Å². The summed E-state index contributed by atoms with van der Waals surface area (Å²) in [6.07, 6.45) is 6.26. The highest BCUT2D eigenvalue weighted by atomic mass is 16.2. The number of rotatable bonds is 10. The second kappa shape index (κ2) is 11.7. The van der Waals surface area contributed by atoms with Gasteiger partial charge in [0, 0.05) is 51.4 Å². The monoisotopic (exact) mass is 501 g/mol. The van der Waals surface area contributed by atoms with Crippen molar-refractivity contribution in [3.05, 3.63) is 17.5 Å². The van der Waals surface area contributed by atoms with E-state index in [9.17, 15) is 14.4 Å². The second-order valence-electron chi connectivity index (χ2n) is 10.6. The smallest absolute Gasteiger partial charge is 0.273 e. The number of likely N-dealkylation sites (N-methyl/N-ethyl adjacent to an activating group) is 1. The van der Waals surface area contributed by atoms with Gasteiger partial charge in [-0.25, -0.2) is 0 Å². The molecule has 1 saturated heterocycles. The Morgan fingerprint density at radius 3 is 2.39 bits per heavy atom. The predicted molar refractivity (Wildman–Crippen MR) is 138 cm³/mol. The Morgan fingerprint density at radius 2 is 1.75 bits per heavy atom. The van der Waals surface area contributed by atoms with E-state index in [1.165, 1.54) is 17.6 Å². The van der Waals surface area contributed by atoms with Gasteiger partial charge in [0.1, 0.15) is 11.2 Å². The van der Waals surface area contributed by atoms with Gasteiger partial charge >= 0.3 is 0 Å². The molecule has 200 valence electrons. The summed E-state index contributed by atoms with van der Waals surface area (Å²) in [6.45, 7) is 13.6. The molecule has 36 heavy (non-hydrogen) atoms. The lowest BCUT2D eigenvalue weighted by atomic mass is 9.94. The Labute approximate surface area is 214 Å². The fourth-order valence-corrected chi connectivity index (χ4v) is 5.81. The van der Waals surface area contributed by atoms with Gasteiger partial charge in [-0.3, -0.25) is 19.1 Å². The molecule has 0 bridgehead atoms. The molecule has 1 aromatic rings. The first-order chi connectivity index (χ1) is 17.4. The Hall–Kier alpha value is -2.46. The van der Waals surface area contributed by atoms with Crippen molar-refractivity contribution in [1.29, 1.82) is 0 Å². The molecule has 4 rings (SSSR count). The number of nitrogens with zero attached hydrogens (tertiary/aromatic N) is 5. The molecule has 10 heteroatoms. The molecule has 10 nitrogen and oxygen atoms in total. The molecule has 2 N–H and O–H groups in total. The van der Waals surface area contributed by atoms with Crippen molar-refractivity contribution in [1.82, 2.24) is 35.1 Å². The van der Waals surface area contributed by atoms with Gasteiger partial charge in [0.05, 0.1) is 6.54 Å². The topological polar surface area (TPSA) is 103 Å². The van der Waals surface area contributed by atoms with Gasteiger partial charge in [0.25, 0.3) is 11.8 Å². The molecule has 1 atom stereocenters. The molecule has 3 amide bonds. The quantitative estimate of drug-likeness (QED) is 0.469. The highest BCUT2D eigenvalue weighted by molar-refractivity contribution is 6.01. The molecule has 2 fully saturated rings. The van der Waals surface area contributed by atoms with Gasteiger partial charge in [-0.05, 0) is 52.6 Å². The van der Waals surface area contributed by atoms with E-state index in [1.807, 2.05) is 6.92 Å². The molecule has 3 aliphatic rings. The van der Waals surface area contributed by atoms with Crippen LogP contribution < -0.4 is 10.6 Å². The normalized spacial score (nSPS) is 23.6. The summed E-state index contributed by atoms with van der Waals surface area (Å²) in [6, 6.07) is 1.73. The van der Waals surface area contributed by atoms with Gasteiger partial charge in [0.2, 0.25) is 5.91 Å². The maximum absolute atomic E-state index is 13.3. The molecule has 1 unspecified atom stereocenters. The van der Waals surface area contributed by atoms with Crippen LogP contribution in [0.15, 0.2) is 6.07 Å². The second-order valence-corrected chi connectivity index (χ2v) is 10.6. The summed E-state index contributed by atoms with van der Waals surface area (Å²) < 4.78 is 1.54. The van der Waals surface area contributed by atoms with Crippen LogP contribution in [-0.2, 0) is 11.3 Å². The van der Waals surface area contributed by atoms with E-state index >= 15 is 0 Å². The molecule has 1 aromatic heterocycles. The first kappa shape index (κ1) is 26.6. The van der Waals surface area contributed by atoms with Crippen molar-refractivity contribution >= 4 is 17.7 Å². The molecule has 2 aliphatic heterocycles. The molecular weight excluding hydrogens is 458 g/mol. The average Bonchev–Trinajstić information content (AvgIpc) is 3.53. The number of aromatic nitrogens is 2. The SMILES string of the molecule is CCCN1CCN(CCCNC(=O)c2cc3n(n2)CC(C)(C(=O)NC2CCCC2)N(CC)C3=O)CC1. The molecule has 0 radical (unpaired) electrons. The van der Waals surface area contributed by atoms with Crippen LogP contribution in [0.4, 0.5) is 0 Å². The van der Waals surface area contributed by atoms with E-state index < -0.39 is 5.54 Å². The summed E-state index contributed by atoms with van der Waals surface area (Å²) in [5, 5.41) is 10.5. The van der Waals surface area contributed by atoms with Crippen LogP contribution >= 0.6 is 0 Å². The van der Waals surface area contributed by atoms with Gasteiger partial charge in [-0.2, -0.15) is 5.10 Å². The van der Waals surface area contributed by atoms with Crippen LogP contribution in [0.3, 0.4) is 0 Å².